The summed E-state index contributed by atoms with van der Waals surface area (Å²) < 4.78 is 50.9. The zero-order valence-electron chi connectivity index (χ0n) is 21.2. The molecule has 1 aliphatic heterocycles. The first-order valence-corrected chi connectivity index (χ1v) is 13.4. The summed E-state index contributed by atoms with van der Waals surface area (Å²) in [6, 6.07) is 4.12. The summed E-state index contributed by atoms with van der Waals surface area (Å²) >= 11 is 1.55. The van der Waals surface area contributed by atoms with Crippen molar-refractivity contribution >= 4 is 29.0 Å². The van der Waals surface area contributed by atoms with Crippen molar-refractivity contribution in [3.8, 4) is 0 Å². The standard InChI is InChI=1S/C25H29F3N4O6S/c1-16(38-15-24(8-9-24)25(26,27)28)20(22(33)31-11-6-18(7-12-31)21-29-10-13-39-21)30-23(34)37-14-17-2-4-19(5-3-17)32(35)36/h2-5,10,13,16,18,20H,6-9,11-12,14-15H2,1H3,(H,30,34)/t16-,20+/m1/s1. The second kappa shape index (κ2) is 11.9. The van der Waals surface area contributed by atoms with Crippen molar-refractivity contribution < 1.29 is 37.2 Å². The molecule has 1 saturated heterocycles. The number of alkyl halides is 3. The molecule has 0 unspecified atom stereocenters. The molecule has 1 saturated carbocycles. The Labute approximate surface area is 226 Å². The van der Waals surface area contributed by atoms with Crippen LogP contribution in [0.25, 0.3) is 0 Å². The number of hydrogen-bond acceptors (Lipinski definition) is 8. The normalized spacial score (nSPS) is 18.7. The number of hydrogen-bond donors (Lipinski definition) is 1. The largest absolute Gasteiger partial charge is 0.445 e. The number of likely N-dealkylation sites (tertiary alicyclic amines) is 1. The van der Waals surface area contributed by atoms with Crippen LogP contribution in [0.3, 0.4) is 0 Å². The van der Waals surface area contributed by atoms with E-state index in [-0.39, 0.29) is 31.1 Å². The van der Waals surface area contributed by atoms with Gasteiger partial charge in [0.25, 0.3) is 5.69 Å². The van der Waals surface area contributed by atoms with Gasteiger partial charge in [-0.25, -0.2) is 9.78 Å². The maximum atomic E-state index is 13.5. The maximum absolute atomic E-state index is 13.5. The molecule has 10 nitrogen and oxygen atoms in total. The van der Waals surface area contributed by atoms with E-state index in [1.54, 1.807) is 22.4 Å². The smallest absolute Gasteiger partial charge is 0.408 e. The van der Waals surface area contributed by atoms with Gasteiger partial charge in [0.05, 0.1) is 28.1 Å². The molecule has 2 atom stereocenters. The summed E-state index contributed by atoms with van der Waals surface area (Å²) in [7, 11) is 0. The van der Waals surface area contributed by atoms with Crippen LogP contribution in [-0.2, 0) is 20.9 Å². The Kier molecular flexibility index (Phi) is 8.74. The number of nitro groups is 1. The molecular weight excluding hydrogens is 541 g/mol. The number of amides is 2. The maximum Gasteiger partial charge on any atom is 0.408 e. The van der Waals surface area contributed by atoms with Crippen LogP contribution >= 0.6 is 11.3 Å². The van der Waals surface area contributed by atoms with E-state index in [4.69, 9.17) is 9.47 Å². The molecule has 2 fully saturated rings. The number of alkyl carbamates (subject to hydrolysis) is 1. The highest BCUT2D eigenvalue weighted by atomic mass is 32.1. The van der Waals surface area contributed by atoms with E-state index >= 15 is 0 Å². The quantitative estimate of drug-likeness (QED) is 0.321. The summed E-state index contributed by atoms with van der Waals surface area (Å²) in [5.74, 6) is -0.258. The fourth-order valence-corrected chi connectivity index (χ4v) is 5.25. The first-order valence-electron chi connectivity index (χ1n) is 12.5. The number of halogens is 3. The van der Waals surface area contributed by atoms with Crippen molar-refractivity contribution in [2.24, 2.45) is 5.41 Å². The van der Waals surface area contributed by atoms with E-state index in [1.807, 2.05) is 5.38 Å². The molecule has 1 aromatic heterocycles. The summed E-state index contributed by atoms with van der Waals surface area (Å²) in [6.07, 6.45) is -3.45. The first kappa shape index (κ1) is 28.7. The van der Waals surface area contributed by atoms with E-state index in [0.717, 1.165) is 5.01 Å². The molecule has 0 bridgehead atoms. The number of carbonyl (C=O) groups excluding carboxylic acids is 2. The minimum Gasteiger partial charge on any atom is -0.445 e. The molecule has 0 spiro atoms. The van der Waals surface area contributed by atoms with Gasteiger partial charge in [0.1, 0.15) is 12.6 Å². The lowest BCUT2D eigenvalue weighted by atomic mass is 9.96. The lowest BCUT2D eigenvalue weighted by molar-refractivity contribution is -0.384. The lowest BCUT2D eigenvalue weighted by Gasteiger charge is -2.35. The average Bonchev–Trinajstić information content (AvgIpc) is 3.54. The van der Waals surface area contributed by atoms with Gasteiger partial charge in [-0.05, 0) is 50.3 Å². The Hall–Kier alpha value is -3.26. The monoisotopic (exact) mass is 570 g/mol. The highest BCUT2D eigenvalue weighted by molar-refractivity contribution is 7.09. The van der Waals surface area contributed by atoms with E-state index in [9.17, 15) is 32.9 Å². The molecule has 212 valence electrons. The van der Waals surface area contributed by atoms with Gasteiger partial charge in [-0.3, -0.25) is 14.9 Å². The summed E-state index contributed by atoms with van der Waals surface area (Å²) in [5, 5.41) is 16.2. The number of ether oxygens (including phenoxy) is 2. The second-order valence-electron chi connectivity index (χ2n) is 9.89. The van der Waals surface area contributed by atoms with Crippen LogP contribution in [0.4, 0.5) is 23.7 Å². The van der Waals surface area contributed by atoms with Crippen molar-refractivity contribution in [1.82, 2.24) is 15.2 Å². The average molecular weight is 571 g/mol. The number of piperidine rings is 1. The highest BCUT2D eigenvalue weighted by Crippen LogP contribution is 2.57. The van der Waals surface area contributed by atoms with Gasteiger partial charge in [-0.2, -0.15) is 13.2 Å². The Balaban J connectivity index is 1.39. The molecule has 1 aromatic carbocycles. The Morgan fingerprint density at radius 2 is 1.92 bits per heavy atom. The molecule has 2 amide bonds. The van der Waals surface area contributed by atoms with Crippen molar-refractivity contribution in [3.05, 3.63) is 56.5 Å². The fraction of sp³-hybridized carbons (Fsp3) is 0.560. The highest BCUT2D eigenvalue weighted by Gasteiger charge is 2.63. The molecule has 2 aromatic rings. The molecular formula is C25H29F3N4O6S. The minimum absolute atomic E-state index is 0.0448. The third-order valence-corrected chi connectivity index (χ3v) is 8.15. The number of aromatic nitrogens is 1. The summed E-state index contributed by atoms with van der Waals surface area (Å²) in [5.41, 5.74) is -1.56. The topological polar surface area (TPSA) is 124 Å². The second-order valence-corrected chi connectivity index (χ2v) is 10.8. The SMILES string of the molecule is C[C@@H](OCC1(C(F)(F)F)CC1)[C@H](NC(=O)OCc1ccc([N+](=O)[O-])cc1)C(=O)N1CCC(c2nccs2)CC1. The van der Waals surface area contributed by atoms with E-state index < -0.39 is 47.3 Å². The molecule has 2 heterocycles. The number of benzene rings is 1. The Bertz CT molecular complexity index is 1150. The van der Waals surface area contributed by atoms with Crippen LogP contribution in [0.2, 0.25) is 0 Å². The van der Waals surface area contributed by atoms with E-state index in [1.165, 1.54) is 31.2 Å². The number of nitro benzene ring substituents is 1. The third-order valence-electron chi connectivity index (χ3n) is 7.21. The molecule has 2 aliphatic rings. The third kappa shape index (κ3) is 7.04. The van der Waals surface area contributed by atoms with Gasteiger partial charge in [-0.15, -0.1) is 11.3 Å². The zero-order chi connectivity index (χ0) is 28.2. The van der Waals surface area contributed by atoms with E-state index in [2.05, 4.69) is 10.3 Å². The molecule has 4 rings (SSSR count). The summed E-state index contributed by atoms with van der Waals surface area (Å²) in [6.45, 7) is 1.42. The molecule has 0 radical (unpaired) electrons. The summed E-state index contributed by atoms with van der Waals surface area (Å²) in [4.78, 5) is 42.2. The Morgan fingerprint density at radius 1 is 1.26 bits per heavy atom. The number of thiazole rings is 1. The van der Waals surface area contributed by atoms with Gasteiger partial charge >= 0.3 is 12.3 Å². The van der Waals surface area contributed by atoms with Gasteiger partial charge < -0.3 is 19.7 Å². The van der Waals surface area contributed by atoms with Gasteiger partial charge in [-0.1, -0.05) is 0 Å². The first-order chi connectivity index (χ1) is 18.5. The Morgan fingerprint density at radius 3 is 2.46 bits per heavy atom. The number of rotatable bonds is 10. The number of non-ortho nitro benzene ring substituents is 1. The predicted octanol–water partition coefficient (Wildman–Crippen LogP) is 4.80. The molecule has 39 heavy (non-hydrogen) atoms. The van der Waals surface area contributed by atoms with Gasteiger partial charge in [0.2, 0.25) is 5.91 Å². The number of carbonyl (C=O) groups is 2. The van der Waals surface area contributed by atoms with Crippen LogP contribution in [-0.4, -0.2) is 64.8 Å². The molecule has 1 N–H and O–H groups in total. The molecule has 1 aliphatic carbocycles. The van der Waals surface area contributed by atoms with Gasteiger partial charge in [0.15, 0.2) is 0 Å². The van der Waals surface area contributed by atoms with E-state index in [0.29, 0.717) is 31.5 Å². The van der Waals surface area contributed by atoms with Crippen molar-refractivity contribution in [2.45, 2.75) is 63.5 Å². The molecule has 14 heteroatoms. The zero-order valence-corrected chi connectivity index (χ0v) is 22.0. The number of nitrogens with zero attached hydrogens (tertiary/aromatic N) is 3. The minimum atomic E-state index is -4.42. The number of nitrogens with one attached hydrogen (secondary N) is 1. The van der Waals surface area contributed by atoms with Crippen LogP contribution in [0.5, 0.6) is 0 Å². The van der Waals surface area contributed by atoms with Crippen LogP contribution in [0.1, 0.15) is 49.1 Å². The van der Waals surface area contributed by atoms with Crippen molar-refractivity contribution in [3.63, 3.8) is 0 Å². The van der Waals surface area contributed by atoms with Crippen LogP contribution in [0, 0.1) is 15.5 Å². The lowest BCUT2D eigenvalue weighted by Crippen LogP contribution is -2.56. The van der Waals surface area contributed by atoms with Crippen molar-refractivity contribution in [2.75, 3.05) is 19.7 Å². The van der Waals surface area contributed by atoms with Crippen LogP contribution < -0.4 is 5.32 Å². The fourth-order valence-electron chi connectivity index (χ4n) is 4.44. The predicted molar refractivity (Wildman–Crippen MR) is 134 cm³/mol. The van der Waals surface area contributed by atoms with Crippen LogP contribution in [0.15, 0.2) is 35.8 Å². The van der Waals surface area contributed by atoms with Gasteiger partial charge in [0, 0.05) is 42.7 Å². The van der Waals surface area contributed by atoms with Crippen molar-refractivity contribution in [1.29, 1.82) is 0 Å².